The van der Waals surface area contributed by atoms with E-state index in [4.69, 9.17) is 32.7 Å². The third-order valence-electron chi connectivity index (χ3n) is 4.94. The summed E-state index contributed by atoms with van der Waals surface area (Å²) in [5.74, 6) is 0.463. The molecule has 0 heterocycles. The minimum Gasteiger partial charge on any atom is -0.496 e. The molecule has 5 nitrogen and oxygen atoms in total. The van der Waals surface area contributed by atoms with Gasteiger partial charge in [0, 0.05) is 0 Å². The second kappa shape index (κ2) is 10.4. The smallest absolute Gasteiger partial charge is 0.275 e. The molecule has 33 heavy (non-hydrogen) atoms. The molecule has 0 fully saturated rings. The summed E-state index contributed by atoms with van der Waals surface area (Å²) < 4.78 is 11.2. The fourth-order valence-electron chi connectivity index (χ4n) is 3.31. The van der Waals surface area contributed by atoms with Crippen LogP contribution in [0.3, 0.4) is 0 Å². The van der Waals surface area contributed by atoms with Gasteiger partial charge in [-0.05, 0) is 46.2 Å². The van der Waals surface area contributed by atoms with Gasteiger partial charge in [0.2, 0.25) is 0 Å². The molecular formula is C26H20Cl2N2O3. The van der Waals surface area contributed by atoms with Gasteiger partial charge in [0.1, 0.15) is 12.4 Å². The predicted molar refractivity (Wildman–Crippen MR) is 133 cm³/mol. The molecule has 1 N–H and O–H groups in total. The average Bonchev–Trinajstić information content (AvgIpc) is 2.83. The van der Waals surface area contributed by atoms with Gasteiger partial charge in [-0.15, -0.1) is 0 Å². The lowest BCUT2D eigenvalue weighted by molar-refractivity contribution is 0.0952. The average molecular weight is 479 g/mol. The maximum absolute atomic E-state index is 12.7. The van der Waals surface area contributed by atoms with Crippen molar-refractivity contribution in [1.29, 1.82) is 0 Å². The Bertz CT molecular complexity index is 1300. The zero-order valence-electron chi connectivity index (χ0n) is 17.7. The van der Waals surface area contributed by atoms with Gasteiger partial charge >= 0.3 is 0 Å². The van der Waals surface area contributed by atoms with Crippen LogP contribution in [-0.2, 0) is 6.61 Å². The molecular weight excluding hydrogens is 459 g/mol. The minimum atomic E-state index is -0.395. The molecule has 1 amide bonds. The summed E-state index contributed by atoms with van der Waals surface area (Å²) in [6.45, 7) is 0.345. The largest absolute Gasteiger partial charge is 0.496 e. The van der Waals surface area contributed by atoms with E-state index in [1.807, 2.05) is 60.7 Å². The Morgan fingerprint density at radius 3 is 2.24 bits per heavy atom. The number of hydrogen-bond acceptors (Lipinski definition) is 4. The molecule has 0 aliphatic carbocycles. The number of hydrogen-bond donors (Lipinski definition) is 1. The van der Waals surface area contributed by atoms with Crippen LogP contribution in [0, 0.1) is 0 Å². The van der Waals surface area contributed by atoms with Crippen LogP contribution < -0.4 is 14.9 Å². The summed E-state index contributed by atoms with van der Waals surface area (Å²) >= 11 is 12.7. The second-order valence-corrected chi connectivity index (χ2v) is 8.00. The van der Waals surface area contributed by atoms with E-state index in [0.29, 0.717) is 39.3 Å². The van der Waals surface area contributed by atoms with Gasteiger partial charge in [-0.25, -0.2) is 5.43 Å². The number of carbonyl (C=O) groups excluding carboxylic acids is 1. The normalized spacial score (nSPS) is 11.0. The topological polar surface area (TPSA) is 59.9 Å². The first-order valence-corrected chi connectivity index (χ1v) is 10.9. The van der Waals surface area contributed by atoms with Crippen LogP contribution >= 0.6 is 23.2 Å². The highest BCUT2D eigenvalue weighted by atomic mass is 35.5. The number of rotatable bonds is 7. The molecule has 0 radical (unpaired) electrons. The molecule has 7 heteroatoms. The number of halogens is 2. The maximum atomic E-state index is 12.7. The van der Waals surface area contributed by atoms with Crippen LogP contribution in [0.5, 0.6) is 11.5 Å². The molecule has 0 unspecified atom stereocenters. The van der Waals surface area contributed by atoms with Crippen molar-refractivity contribution in [1.82, 2.24) is 5.43 Å². The number of hydrazone groups is 1. The first kappa shape index (κ1) is 22.6. The van der Waals surface area contributed by atoms with E-state index in [2.05, 4.69) is 10.5 Å². The van der Waals surface area contributed by atoms with Crippen LogP contribution in [0.25, 0.3) is 10.8 Å². The Kier molecular flexibility index (Phi) is 7.13. The van der Waals surface area contributed by atoms with Crippen molar-refractivity contribution in [2.45, 2.75) is 6.61 Å². The molecule has 0 saturated carbocycles. The number of benzene rings is 4. The third kappa shape index (κ3) is 5.45. The van der Waals surface area contributed by atoms with Gasteiger partial charge in [-0.3, -0.25) is 4.79 Å². The first-order chi connectivity index (χ1) is 16.0. The molecule has 0 saturated heterocycles. The van der Waals surface area contributed by atoms with Crippen molar-refractivity contribution in [3.63, 3.8) is 0 Å². The highest BCUT2D eigenvalue weighted by molar-refractivity contribution is 6.37. The SMILES string of the molecule is COc1cc2ccccc2cc1C(=O)NN=Cc1cc(Cl)c(OCc2ccccc2)c(Cl)c1. The molecule has 166 valence electrons. The first-order valence-electron chi connectivity index (χ1n) is 10.1. The van der Waals surface area contributed by atoms with Crippen LogP contribution in [0.15, 0.2) is 84.0 Å². The van der Waals surface area contributed by atoms with E-state index in [1.165, 1.54) is 13.3 Å². The van der Waals surface area contributed by atoms with Gasteiger partial charge in [0.05, 0.1) is 28.9 Å². The lowest BCUT2D eigenvalue weighted by Gasteiger charge is -2.11. The molecule has 0 aliphatic heterocycles. The lowest BCUT2D eigenvalue weighted by Crippen LogP contribution is -2.18. The lowest BCUT2D eigenvalue weighted by atomic mass is 10.1. The highest BCUT2D eigenvalue weighted by Gasteiger charge is 2.13. The van der Waals surface area contributed by atoms with Crippen molar-refractivity contribution >= 4 is 46.1 Å². The summed E-state index contributed by atoms with van der Waals surface area (Å²) in [5, 5.41) is 6.65. The molecule has 4 rings (SSSR count). The Balaban J connectivity index is 1.46. The Labute approximate surface area is 201 Å². The van der Waals surface area contributed by atoms with Crippen molar-refractivity contribution < 1.29 is 14.3 Å². The van der Waals surface area contributed by atoms with Crippen LogP contribution in [0.1, 0.15) is 21.5 Å². The number of nitrogens with zero attached hydrogens (tertiary/aromatic N) is 1. The maximum Gasteiger partial charge on any atom is 0.275 e. The van der Waals surface area contributed by atoms with Gasteiger partial charge in [0.15, 0.2) is 5.75 Å². The highest BCUT2D eigenvalue weighted by Crippen LogP contribution is 2.34. The van der Waals surface area contributed by atoms with Crippen LogP contribution in [-0.4, -0.2) is 19.2 Å². The number of ether oxygens (including phenoxy) is 2. The summed E-state index contributed by atoms with van der Waals surface area (Å²) in [6, 6.07) is 24.4. The Morgan fingerprint density at radius 2 is 1.58 bits per heavy atom. The summed E-state index contributed by atoms with van der Waals surface area (Å²) in [7, 11) is 1.52. The Hall–Kier alpha value is -3.54. The van der Waals surface area contributed by atoms with E-state index in [1.54, 1.807) is 18.2 Å². The van der Waals surface area contributed by atoms with E-state index >= 15 is 0 Å². The predicted octanol–water partition coefficient (Wildman–Crippen LogP) is 6.50. The van der Waals surface area contributed by atoms with E-state index < -0.39 is 5.91 Å². The van der Waals surface area contributed by atoms with Gasteiger partial charge in [-0.2, -0.15) is 5.10 Å². The monoisotopic (exact) mass is 478 g/mol. The quantitative estimate of drug-likeness (QED) is 0.243. The fraction of sp³-hybridized carbons (Fsp3) is 0.0769. The van der Waals surface area contributed by atoms with Gasteiger partial charge < -0.3 is 9.47 Å². The van der Waals surface area contributed by atoms with E-state index in [-0.39, 0.29) is 0 Å². The summed E-state index contributed by atoms with van der Waals surface area (Å²) in [5.41, 5.74) is 4.52. The van der Waals surface area contributed by atoms with Gasteiger partial charge in [0.25, 0.3) is 5.91 Å². The summed E-state index contributed by atoms with van der Waals surface area (Å²) in [4.78, 5) is 12.7. The van der Waals surface area contributed by atoms with Crippen molar-refractivity contribution in [2.75, 3.05) is 7.11 Å². The molecule has 4 aromatic rings. The second-order valence-electron chi connectivity index (χ2n) is 7.19. The Morgan fingerprint density at radius 1 is 0.939 bits per heavy atom. The van der Waals surface area contributed by atoms with Crippen LogP contribution in [0.4, 0.5) is 0 Å². The number of nitrogens with one attached hydrogen (secondary N) is 1. The molecule has 0 atom stereocenters. The van der Waals surface area contributed by atoms with Crippen molar-refractivity contribution in [2.24, 2.45) is 5.10 Å². The molecule has 0 aromatic heterocycles. The van der Waals surface area contributed by atoms with E-state index in [9.17, 15) is 4.79 Å². The summed E-state index contributed by atoms with van der Waals surface area (Å²) in [6.07, 6.45) is 1.46. The van der Waals surface area contributed by atoms with Crippen LogP contribution in [0.2, 0.25) is 10.0 Å². The zero-order valence-corrected chi connectivity index (χ0v) is 19.2. The molecule has 4 aromatic carbocycles. The number of fused-ring (bicyclic) bond motifs is 1. The molecule has 0 aliphatic rings. The molecule has 0 spiro atoms. The number of carbonyl (C=O) groups is 1. The van der Waals surface area contributed by atoms with Gasteiger partial charge in [-0.1, -0.05) is 77.8 Å². The number of amides is 1. The zero-order chi connectivity index (χ0) is 23.2. The number of methoxy groups -OCH3 is 1. The van der Waals surface area contributed by atoms with E-state index in [0.717, 1.165) is 16.3 Å². The van der Waals surface area contributed by atoms with Crippen molar-refractivity contribution in [3.05, 3.63) is 106 Å². The fourth-order valence-corrected chi connectivity index (χ4v) is 3.93. The molecule has 0 bridgehead atoms. The minimum absolute atomic E-state index is 0.345. The standard InChI is InChI=1S/C26H20Cl2N2O3/c1-32-24-14-20-10-6-5-9-19(20)13-21(24)26(31)30-29-15-18-11-22(27)25(23(28)12-18)33-16-17-7-3-2-4-8-17/h2-15H,16H2,1H3,(H,30,31). The van der Waals surface area contributed by atoms with Crippen molar-refractivity contribution in [3.8, 4) is 11.5 Å². The third-order valence-corrected chi connectivity index (χ3v) is 5.50.